The van der Waals surface area contributed by atoms with E-state index in [0.717, 1.165) is 0 Å². The second-order valence-electron chi connectivity index (χ2n) is 4.17. The van der Waals surface area contributed by atoms with Crippen molar-refractivity contribution in [1.29, 1.82) is 0 Å². The average molecular weight is 306 g/mol. The fourth-order valence-corrected chi connectivity index (χ4v) is 2.19. The molecule has 106 valence electrons. The van der Waals surface area contributed by atoms with Gasteiger partial charge in [0.05, 0.1) is 5.02 Å². The van der Waals surface area contributed by atoms with E-state index in [4.69, 9.17) is 33.0 Å². The highest BCUT2D eigenvalue weighted by Gasteiger charge is 2.19. The molecule has 1 aromatic carbocycles. The second kappa shape index (κ2) is 7.58. The van der Waals surface area contributed by atoms with Gasteiger partial charge in [-0.2, -0.15) is 0 Å². The van der Waals surface area contributed by atoms with Gasteiger partial charge in [-0.3, -0.25) is 9.69 Å². The molecule has 0 fully saturated rings. The maximum absolute atomic E-state index is 11.0. The fraction of sp³-hybridized carbons (Fsp3) is 0.462. The lowest BCUT2D eigenvalue weighted by atomic mass is 10.2. The summed E-state index contributed by atoms with van der Waals surface area (Å²) in [6.07, 6.45) is 0.549. The molecule has 0 heterocycles. The van der Waals surface area contributed by atoms with Crippen molar-refractivity contribution in [3.05, 3.63) is 28.2 Å². The number of hydrogen-bond donors (Lipinski definition) is 1. The molecule has 0 saturated heterocycles. The van der Waals surface area contributed by atoms with Crippen LogP contribution in [0.25, 0.3) is 0 Å². The molecule has 1 rings (SSSR count). The second-order valence-corrected chi connectivity index (χ2v) is 5.01. The summed E-state index contributed by atoms with van der Waals surface area (Å²) in [6.45, 7) is 2.71. The third-order valence-electron chi connectivity index (χ3n) is 2.80. The Labute approximate surface area is 122 Å². The summed E-state index contributed by atoms with van der Waals surface area (Å²) >= 11 is 11.8. The van der Waals surface area contributed by atoms with Gasteiger partial charge in [-0.15, -0.1) is 0 Å². The molecular weight excluding hydrogens is 289 g/mol. The van der Waals surface area contributed by atoms with Gasteiger partial charge in [0.1, 0.15) is 18.4 Å². The van der Waals surface area contributed by atoms with Crippen LogP contribution in [0.15, 0.2) is 18.2 Å². The molecule has 0 amide bonds. The van der Waals surface area contributed by atoms with E-state index in [0.29, 0.717) is 35.4 Å². The first-order chi connectivity index (χ1) is 8.95. The maximum atomic E-state index is 11.0. The Bertz CT molecular complexity index is 440. The Kier molecular flexibility index (Phi) is 6.42. The van der Waals surface area contributed by atoms with Gasteiger partial charge in [-0.1, -0.05) is 30.1 Å². The van der Waals surface area contributed by atoms with Crippen molar-refractivity contribution < 1.29 is 14.6 Å². The molecule has 0 bridgehead atoms. The van der Waals surface area contributed by atoms with Crippen LogP contribution in [0.3, 0.4) is 0 Å². The van der Waals surface area contributed by atoms with Crippen molar-refractivity contribution in [2.45, 2.75) is 19.4 Å². The highest BCUT2D eigenvalue weighted by molar-refractivity contribution is 6.35. The van der Waals surface area contributed by atoms with Gasteiger partial charge in [0.15, 0.2) is 0 Å². The highest BCUT2D eigenvalue weighted by Crippen LogP contribution is 2.27. The summed E-state index contributed by atoms with van der Waals surface area (Å²) in [5, 5.41) is 10.0. The van der Waals surface area contributed by atoms with Crippen LogP contribution in [0.2, 0.25) is 10.0 Å². The predicted octanol–water partition coefficient (Wildman–Crippen LogP) is 3.17. The van der Waals surface area contributed by atoms with Crippen LogP contribution in [-0.4, -0.2) is 42.2 Å². The molecule has 0 aliphatic heterocycles. The maximum Gasteiger partial charge on any atom is 0.320 e. The zero-order valence-corrected chi connectivity index (χ0v) is 12.4. The lowest BCUT2D eigenvalue weighted by molar-refractivity contribution is -0.143. The number of ether oxygens (including phenoxy) is 1. The highest BCUT2D eigenvalue weighted by atomic mass is 35.5. The smallest absolute Gasteiger partial charge is 0.320 e. The average Bonchev–Trinajstić information content (AvgIpc) is 2.32. The van der Waals surface area contributed by atoms with E-state index in [1.54, 1.807) is 30.1 Å². The quantitative estimate of drug-likeness (QED) is 0.840. The molecule has 1 N–H and O–H groups in total. The third kappa shape index (κ3) is 4.90. The summed E-state index contributed by atoms with van der Waals surface area (Å²) in [6, 6.07) is 4.50. The van der Waals surface area contributed by atoms with Crippen molar-refractivity contribution in [1.82, 2.24) is 4.90 Å². The van der Waals surface area contributed by atoms with Crippen molar-refractivity contribution in [2.75, 3.05) is 20.2 Å². The summed E-state index contributed by atoms with van der Waals surface area (Å²) in [5.41, 5.74) is 0. The number of benzene rings is 1. The number of hydrogen-bond acceptors (Lipinski definition) is 3. The Hall–Kier alpha value is -0.970. The van der Waals surface area contributed by atoms with E-state index < -0.39 is 12.0 Å². The van der Waals surface area contributed by atoms with Crippen LogP contribution >= 0.6 is 23.2 Å². The van der Waals surface area contributed by atoms with Crippen LogP contribution in [-0.2, 0) is 4.79 Å². The minimum Gasteiger partial charge on any atom is -0.491 e. The summed E-state index contributed by atoms with van der Waals surface area (Å²) in [7, 11) is 1.76. The van der Waals surface area contributed by atoms with Crippen molar-refractivity contribution >= 4 is 29.2 Å². The molecule has 1 unspecified atom stereocenters. The molecule has 0 spiro atoms. The van der Waals surface area contributed by atoms with Crippen molar-refractivity contribution in [3.63, 3.8) is 0 Å². The Morgan fingerprint density at radius 2 is 2.16 bits per heavy atom. The van der Waals surface area contributed by atoms with Crippen molar-refractivity contribution in [3.8, 4) is 5.75 Å². The summed E-state index contributed by atoms with van der Waals surface area (Å²) < 4.78 is 5.51. The summed E-state index contributed by atoms with van der Waals surface area (Å²) in [5.74, 6) is -0.280. The number of nitrogens with zero attached hydrogens (tertiary/aromatic N) is 1. The number of likely N-dealkylation sites (N-methyl/N-ethyl adjacent to an activating group) is 1. The molecule has 0 radical (unpaired) electrons. The lowest BCUT2D eigenvalue weighted by Crippen LogP contribution is -2.40. The van der Waals surface area contributed by atoms with Crippen LogP contribution < -0.4 is 4.74 Å². The molecule has 1 aromatic rings. The normalized spacial score (nSPS) is 12.5. The number of aliphatic carboxylic acids is 1. The molecule has 0 aromatic heterocycles. The number of carboxylic acids is 1. The van der Waals surface area contributed by atoms with Crippen LogP contribution in [0.1, 0.15) is 13.3 Å². The summed E-state index contributed by atoms with van der Waals surface area (Å²) in [4.78, 5) is 12.7. The Morgan fingerprint density at radius 1 is 1.47 bits per heavy atom. The fourth-order valence-electron chi connectivity index (χ4n) is 1.72. The molecule has 0 saturated carbocycles. The van der Waals surface area contributed by atoms with Gasteiger partial charge < -0.3 is 9.84 Å². The van der Waals surface area contributed by atoms with E-state index in [1.165, 1.54) is 0 Å². The molecule has 1 atom stereocenters. The first-order valence-electron chi connectivity index (χ1n) is 5.96. The van der Waals surface area contributed by atoms with Gasteiger partial charge in [0.2, 0.25) is 0 Å². The molecule has 0 aliphatic carbocycles. The number of halogens is 2. The van der Waals surface area contributed by atoms with E-state index in [1.807, 2.05) is 6.92 Å². The Balaban J connectivity index is 2.47. The van der Waals surface area contributed by atoms with Gasteiger partial charge in [0, 0.05) is 11.6 Å². The van der Waals surface area contributed by atoms with E-state index >= 15 is 0 Å². The molecule has 6 heteroatoms. The Morgan fingerprint density at radius 3 is 2.68 bits per heavy atom. The molecule has 0 aliphatic rings. The van der Waals surface area contributed by atoms with Crippen LogP contribution in [0.4, 0.5) is 0 Å². The van der Waals surface area contributed by atoms with Crippen LogP contribution in [0.5, 0.6) is 5.75 Å². The molecule has 19 heavy (non-hydrogen) atoms. The third-order valence-corrected chi connectivity index (χ3v) is 3.33. The van der Waals surface area contributed by atoms with Crippen LogP contribution in [0, 0.1) is 0 Å². The van der Waals surface area contributed by atoms with Gasteiger partial charge >= 0.3 is 5.97 Å². The predicted molar refractivity (Wildman–Crippen MR) is 76.3 cm³/mol. The first-order valence-corrected chi connectivity index (χ1v) is 6.72. The van der Waals surface area contributed by atoms with E-state index in [2.05, 4.69) is 0 Å². The largest absolute Gasteiger partial charge is 0.491 e. The van der Waals surface area contributed by atoms with E-state index in [-0.39, 0.29) is 0 Å². The monoisotopic (exact) mass is 305 g/mol. The number of carbonyl (C=O) groups is 1. The lowest BCUT2D eigenvalue weighted by Gasteiger charge is -2.23. The van der Waals surface area contributed by atoms with E-state index in [9.17, 15) is 4.79 Å². The van der Waals surface area contributed by atoms with Crippen molar-refractivity contribution in [2.24, 2.45) is 0 Å². The number of carboxylic acid groups (broad SMARTS) is 1. The SMILES string of the molecule is CCC(C(=O)O)N(C)CCOc1ccc(Cl)cc1Cl. The first kappa shape index (κ1) is 16.1. The molecular formula is C13H17Cl2NO3. The minimum absolute atomic E-state index is 0.363. The topological polar surface area (TPSA) is 49.8 Å². The van der Waals surface area contributed by atoms with Gasteiger partial charge in [-0.25, -0.2) is 0 Å². The van der Waals surface area contributed by atoms with Gasteiger partial charge in [0.25, 0.3) is 0 Å². The zero-order chi connectivity index (χ0) is 14.4. The zero-order valence-electron chi connectivity index (χ0n) is 10.9. The molecule has 4 nitrogen and oxygen atoms in total. The minimum atomic E-state index is -0.825. The standard InChI is InChI=1S/C13H17Cl2NO3/c1-3-11(13(17)18)16(2)6-7-19-12-5-4-9(14)8-10(12)15/h4-5,8,11H,3,6-7H2,1-2H3,(H,17,18). The number of rotatable bonds is 7. The van der Waals surface area contributed by atoms with Gasteiger partial charge in [-0.05, 0) is 31.7 Å².